The van der Waals surface area contributed by atoms with E-state index in [1.165, 1.54) is 12.8 Å². The topological polar surface area (TPSA) is 73.9 Å². The van der Waals surface area contributed by atoms with Crippen LogP contribution >= 0.6 is 0 Å². The molecule has 1 atom stereocenters. The van der Waals surface area contributed by atoms with E-state index in [0.29, 0.717) is 6.04 Å². The summed E-state index contributed by atoms with van der Waals surface area (Å²) in [5.74, 6) is -0.126. The lowest BCUT2D eigenvalue weighted by Crippen LogP contribution is -2.48. The van der Waals surface area contributed by atoms with E-state index in [2.05, 4.69) is 15.5 Å². The molecule has 1 saturated heterocycles. The first-order chi connectivity index (χ1) is 13.5. The van der Waals surface area contributed by atoms with Crippen molar-refractivity contribution in [1.29, 1.82) is 0 Å². The number of amides is 2. The highest BCUT2D eigenvalue weighted by Crippen LogP contribution is 2.19. The Morgan fingerprint density at radius 3 is 2.46 bits per heavy atom. The molecule has 0 bridgehead atoms. The molecule has 2 amide bonds. The zero-order valence-corrected chi connectivity index (χ0v) is 16.9. The summed E-state index contributed by atoms with van der Waals surface area (Å²) < 4.78 is 5.38. The predicted molar refractivity (Wildman–Crippen MR) is 111 cm³/mol. The van der Waals surface area contributed by atoms with Gasteiger partial charge in [0.1, 0.15) is 0 Å². The second kappa shape index (κ2) is 9.89. The number of benzene rings is 1. The fourth-order valence-corrected chi connectivity index (χ4v) is 3.73. The zero-order chi connectivity index (χ0) is 19.9. The van der Waals surface area contributed by atoms with Crippen molar-refractivity contribution in [1.82, 2.24) is 10.2 Å². The number of rotatable bonds is 7. The Kier molecular flexibility index (Phi) is 7.28. The number of carbonyl (C=O) groups is 2. The SMILES string of the molecule is C[C@@H](C(=O)NC1CCCC1)N(C)CC(=O)Nc1ccc(N2CCOCC2)cc1. The second-order valence-corrected chi connectivity index (χ2v) is 7.78. The van der Waals surface area contributed by atoms with Gasteiger partial charge in [-0.15, -0.1) is 0 Å². The van der Waals surface area contributed by atoms with Gasteiger partial charge in [0, 0.05) is 30.5 Å². The molecular weight excluding hydrogens is 356 g/mol. The van der Waals surface area contributed by atoms with Crippen molar-refractivity contribution in [3.05, 3.63) is 24.3 Å². The molecular formula is C21H32N4O3. The number of nitrogens with zero attached hydrogens (tertiary/aromatic N) is 2. The van der Waals surface area contributed by atoms with Crippen molar-refractivity contribution in [2.45, 2.75) is 44.7 Å². The molecule has 2 fully saturated rings. The van der Waals surface area contributed by atoms with Crippen molar-refractivity contribution < 1.29 is 14.3 Å². The van der Waals surface area contributed by atoms with Gasteiger partial charge >= 0.3 is 0 Å². The molecule has 7 nitrogen and oxygen atoms in total. The highest BCUT2D eigenvalue weighted by molar-refractivity contribution is 5.93. The molecule has 2 aliphatic rings. The van der Waals surface area contributed by atoms with E-state index in [0.717, 1.165) is 50.5 Å². The fourth-order valence-electron chi connectivity index (χ4n) is 3.73. The average Bonchev–Trinajstić information content (AvgIpc) is 3.21. The van der Waals surface area contributed by atoms with Crippen LogP contribution in [0.1, 0.15) is 32.6 Å². The Labute approximate surface area is 167 Å². The molecule has 1 aromatic carbocycles. The van der Waals surface area contributed by atoms with Gasteiger partial charge in [0.15, 0.2) is 0 Å². The van der Waals surface area contributed by atoms with E-state index < -0.39 is 0 Å². The summed E-state index contributed by atoms with van der Waals surface area (Å²) in [5, 5.41) is 6.01. The first-order valence-corrected chi connectivity index (χ1v) is 10.3. The van der Waals surface area contributed by atoms with Crippen molar-refractivity contribution in [2.75, 3.05) is 50.1 Å². The van der Waals surface area contributed by atoms with Crippen LogP contribution in [-0.4, -0.2) is 68.7 Å². The van der Waals surface area contributed by atoms with Crippen molar-refractivity contribution in [3.63, 3.8) is 0 Å². The van der Waals surface area contributed by atoms with Crippen molar-refractivity contribution in [3.8, 4) is 0 Å². The number of likely N-dealkylation sites (N-methyl/N-ethyl adjacent to an activating group) is 1. The Balaban J connectivity index is 1.45. The summed E-state index contributed by atoms with van der Waals surface area (Å²) in [6.07, 6.45) is 4.48. The lowest BCUT2D eigenvalue weighted by atomic mass is 10.2. The van der Waals surface area contributed by atoms with Gasteiger partial charge in [-0.05, 0) is 51.1 Å². The maximum Gasteiger partial charge on any atom is 0.238 e. The third-order valence-corrected chi connectivity index (χ3v) is 5.66. The standard InChI is InChI=1S/C21H32N4O3/c1-16(21(27)23-17-5-3-4-6-17)24(2)15-20(26)22-18-7-9-19(10-8-18)25-11-13-28-14-12-25/h7-10,16-17H,3-6,11-15H2,1-2H3,(H,22,26)(H,23,27)/t16-/m0/s1. The van der Waals surface area contributed by atoms with Crippen LogP contribution in [0.5, 0.6) is 0 Å². The molecule has 7 heteroatoms. The lowest BCUT2D eigenvalue weighted by Gasteiger charge is -2.29. The molecule has 1 aliphatic carbocycles. The molecule has 0 radical (unpaired) electrons. The smallest absolute Gasteiger partial charge is 0.238 e. The molecule has 1 aromatic rings. The van der Waals surface area contributed by atoms with Crippen LogP contribution in [0.2, 0.25) is 0 Å². The van der Waals surface area contributed by atoms with Crippen LogP contribution in [0.25, 0.3) is 0 Å². The van der Waals surface area contributed by atoms with Gasteiger partial charge in [-0.2, -0.15) is 0 Å². The van der Waals surface area contributed by atoms with Crippen LogP contribution in [-0.2, 0) is 14.3 Å². The third kappa shape index (κ3) is 5.69. The summed E-state index contributed by atoms with van der Waals surface area (Å²) in [6, 6.07) is 7.82. The molecule has 28 heavy (non-hydrogen) atoms. The first-order valence-electron chi connectivity index (χ1n) is 10.3. The minimum absolute atomic E-state index is 0.00272. The summed E-state index contributed by atoms with van der Waals surface area (Å²) in [4.78, 5) is 28.8. The average molecular weight is 389 g/mol. The minimum Gasteiger partial charge on any atom is -0.378 e. The summed E-state index contributed by atoms with van der Waals surface area (Å²) in [6.45, 7) is 5.28. The minimum atomic E-state index is -0.338. The number of nitrogens with one attached hydrogen (secondary N) is 2. The van der Waals surface area contributed by atoms with E-state index in [-0.39, 0.29) is 24.4 Å². The molecule has 1 saturated carbocycles. The number of hydrogen-bond acceptors (Lipinski definition) is 5. The number of hydrogen-bond donors (Lipinski definition) is 2. The third-order valence-electron chi connectivity index (χ3n) is 5.66. The highest BCUT2D eigenvalue weighted by atomic mass is 16.5. The highest BCUT2D eigenvalue weighted by Gasteiger charge is 2.24. The van der Waals surface area contributed by atoms with Gasteiger partial charge in [-0.3, -0.25) is 14.5 Å². The first kappa shape index (κ1) is 20.6. The Bertz CT molecular complexity index is 652. The van der Waals surface area contributed by atoms with Gasteiger partial charge in [-0.25, -0.2) is 0 Å². The maximum atomic E-state index is 12.4. The molecule has 0 spiro atoms. The number of ether oxygens (including phenoxy) is 1. The van der Waals surface area contributed by atoms with Gasteiger partial charge in [0.05, 0.1) is 25.8 Å². The number of morpholine rings is 1. The van der Waals surface area contributed by atoms with Crippen LogP contribution in [0, 0.1) is 0 Å². The van der Waals surface area contributed by atoms with E-state index in [1.807, 2.05) is 31.2 Å². The quantitative estimate of drug-likeness (QED) is 0.746. The molecule has 3 rings (SSSR count). The molecule has 154 valence electrons. The van der Waals surface area contributed by atoms with Crippen LogP contribution in [0.15, 0.2) is 24.3 Å². The van der Waals surface area contributed by atoms with Gasteiger partial charge < -0.3 is 20.3 Å². The largest absolute Gasteiger partial charge is 0.378 e. The number of anilines is 2. The van der Waals surface area contributed by atoms with Crippen molar-refractivity contribution >= 4 is 23.2 Å². The van der Waals surface area contributed by atoms with E-state index >= 15 is 0 Å². The van der Waals surface area contributed by atoms with Crippen LogP contribution in [0.3, 0.4) is 0 Å². The predicted octanol–water partition coefficient (Wildman–Crippen LogP) is 1.84. The second-order valence-electron chi connectivity index (χ2n) is 7.78. The van der Waals surface area contributed by atoms with Crippen LogP contribution < -0.4 is 15.5 Å². The lowest BCUT2D eigenvalue weighted by molar-refractivity contribution is -0.127. The Morgan fingerprint density at radius 2 is 1.82 bits per heavy atom. The monoisotopic (exact) mass is 388 g/mol. The normalized spacial score (nSPS) is 18.9. The van der Waals surface area contributed by atoms with Gasteiger partial charge in [0.25, 0.3) is 0 Å². The van der Waals surface area contributed by atoms with E-state index in [1.54, 1.807) is 11.9 Å². The molecule has 1 heterocycles. The molecule has 2 N–H and O–H groups in total. The summed E-state index contributed by atoms with van der Waals surface area (Å²) in [5.41, 5.74) is 1.90. The van der Waals surface area contributed by atoms with Crippen LogP contribution in [0.4, 0.5) is 11.4 Å². The Morgan fingerprint density at radius 1 is 1.18 bits per heavy atom. The fraction of sp³-hybridized carbons (Fsp3) is 0.619. The number of carbonyl (C=O) groups excluding carboxylic acids is 2. The van der Waals surface area contributed by atoms with E-state index in [9.17, 15) is 9.59 Å². The molecule has 1 aliphatic heterocycles. The maximum absolute atomic E-state index is 12.4. The van der Waals surface area contributed by atoms with Crippen molar-refractivity contribution in [2.24, 2.45) is 0 Å². The molecule has 0 aromatic heterocycles. The van der Waals surface area contributed by atoms with E-state index in [4.69, 9.17) is 4.74 Å². The Hall–Kier alpha value is -2.12. The zero-order valence-electron chi connectivity index (χ0n) is 16.9. The summed E-state index contributed by atoms with van der Waals surface area (Å²) >= 11 is 0. The summed E-state index contributed by atoms with van der Waals surface area (Å²) in [7, 11) is 1.81. The van der Waals surface area contributed by atoms with Gasteiger partial charge in [-0.1, -0.05) is 12.8 Å². The van der Waals surface area contributed by atoms with Gasteiger partial charge in [0.2, 0.25) is 11.8 Å². The molecule has 0 unspecified atom stereocenters.